The summed E-state index contributed by atoms with van der Waals surface area (Å²) in [6.45, 7) is 7.28. The highest BCUT2D eigenvalue weighted by Crippen LogP contribution is 2.49. The Bertz CT molecular complexity index is 1590. The smallest absolute Gasteiger partial charge is 0.131 e. The fraction of sp³-hybridized carbons (Fsp3) is 0.265. The minimum absolute atomic E-state index is 0. The van der Waals surface area contributed by atoms with Crippen LogP contribution in [0.4, 0.5) is 0 Å². The Hall–Kier alpha value is -3.24. The number of aliphatic hydroxyl groups is 1. The highest BCUT2D eigenvalue weighted by molar-refractivity contribution is 6.02. The van der Waals surface area contributed by atoms with Crippen LogP contribution >= 0.6 is 0 Å². The molecule has 3 fully saturated rings. The van der Waals surface area contributed by atoms with E-state index in [1.54, 1.807) is 0 Å². The maximum absolute atomic E-state index is 12.1. The van der Waals surface area contributed by atoms with Gasteiger partial charge in [0.2, 0.25) is 0 Å². The summed E-state index contributed by atoms with van der Waals surface area (Å²) in [6.07, 6.45) is 5.72. The van der Waals surface area contributed by atoms with E-state index in [1.165, 1.54) is 33.5 Å². The second-order valence-electron chi connectivity index (χ2n) is 11.2. The van der Waals surface area contributed by atoms with E-state index in [0.29, 0.717) is 11.8 Å². The van der Waals surface area contributed by atoms with Crippen molar-refractivity contribution in [3.05, 3.63) is 115 Å². The maximum atomic E-state index is 12.1. The molecule has 3 saturated heterocycles. The van der Waals surface area contributed by atoms with Crippen molar-refractivity contribution in [2.75, 3.05) is 13.1 Å². The molecule has 4 aromatic carbocycles. The Balaban J connectivity index is 0.00000264. The van der Waals surface area contributed by atoms with Gasteiger partial charge in [0.25, 0.3) is 0 Å². The highest BCUT2D eigenvalue weighted by atomic mass is 35.5. The van der Waals surface area contributed by atoms with Crippen LogP contribution in [0.3, 0.4) is 0 Å². The van der Waals surface area contributed by atoms with Gasteiger partial charge in [0.1, 0.15) is 18.7 Å². The zero-order chi connectivity index (χ0) is 25.0. The summed E-state index contributed by atoms with van der Waals surface area (Å²) in [7, 11) is 0. The molecule has 0 aliphatic carbocycles. The fourth-order valence-corrected chi connectivity index (χ4v) is 7.56. The first-order chi connectivity index (χ1) is 18.2. The Labute approximate surface area is 230 Å². The molecule has 38 heavy (non-hydrogen) atoms. The summed E-state index contributed by atoms with van der Waals surface area (Å²) in [5, 5.41) is 18.4. The molecule has 4 heteroatoms. The number of quaternary nitrogens is 1. The lowest BCUT2D eigenvalue weighted by Gasteiger charge is -2.58. The lowest BCUT2D eigenvalue weighted by molar-refractivity contribution is -0.984. The number of hydrogen-bond acceptors (Lipinski definition) is 2. The molecule has 1 N–H and O–H groups in total. The second kappa shape index (κ2) is 9.81. The fourth-order valence-electron chi connectivity index (χ4n) is 7.56. The van der Waals surface area contributed by atoms with Crippen molar-refractivity contribution in [2.24, 2.45) is 11.8 Å². The number of para-hydroxylation sites is 1. The number of fused-ring (bicyclic) bond motifs is 6. The SMILES string of the molecule is C=C[C@@H]1C[N@+]2(Cc3c4ccccc4cc4ccccc34)CC[C@H]1C[C@H]2C(O)c1ccnc2ccccc12.[Cl-]. The van der Waals surface area contributed by atoms with Crippen molar-refractivity contribution < 1.29 is 22.0 Å². The summed E-state index contributed by atoms with van der Waals surface area (Å²) >= 11 is 0. The van der Waals surface area contributed by atoms with Crippen molar-refractivity contribution in [2.45, 2.75) is 31.5 Å². The lowest BCUT2D eigenvalue weighted by Crippen LogP contribution is -3.00. The maximum Gasteiger partial charge on any atom is 0.131 e. The zero-order valence-electron chi connectivity index (χ0n) is 21.5. The predicted molar refractivity (Wildman–Crippen MR) is 152 cm³/mol. The second-order valence-corrected chi connectivity index (χ2v) is 11.2. The molecule has 0 radical (unpaired) electrons. The van der Waals surface area contributed by atoms with E-state index in [-0.39, 0.29) is 18.4 Å². The third kappa shape index (κ3) is 3.92. The summed E-state index contributed by atoms with van der Waals surface area (Å²) in [6, 6.07) is 30.3. The van der Waals surface area contributed by atoms with Gasteiger partial charge in [0, 0.05) is 35.9 Å². The Kier molecular flexibility index (Phi) is 6.47. The molecule has 5 atom stereocenters. The predicted octanol–water partition coefficient (Wildman–Crippen LogP) is 4.19. The summed E-state index contributed by atoms with van der Waals surface area (Å²) < 4.78 is 0.906. The van der Waals surface area contributed by atoms with Gasteiger partial charge >= 0.3 is 0 Å². The molecule has 3 aliphatic heterocycles. The Morgan fingerprint density at radius 3 is 2.29 bits per heavy atom. The van der Waals surface area contributed by atoms with Gasteiger partial charge in [-0.1, -0.05) is 72.8 Å². The topological polar surface area (TPSA) is 33.1 Å². The van der Waals surface area contributed by atoms with Crippen LogP contribution in [0.25, 0.3) is 32.4 Å². The van der Waals surface area contributed by atoms with E-state index in [9.17, 15) is 5.11 Å². The van der Waals surface area contributed by atoms with E-state index in [0.717, 1.165) is 47.0 Å². The Morgan fingerprint density at radius 2 is 1.58 bits per heavy atom. The first kappa shape index (κ1) is 25.1. The van der Waals surface area contributed by atoms with Gasteiger partial charge in [-0.05, 0) is 51.2 Å². The number of aliphatic hydroxyl groups excluding tert-OH is 1. The quantitative estimate of drug-likeness (QED) is 0.214. The molecule has 1 aromatic heterocycles. The van der Waals surface area contributed by atoms with Crippen LogP contribution in [0.15, 0.2) is 104 Å². The molecule has 0 amide bonds. The number of halogens is 1. The molecule has 5 aromatic rings. The van der Waals surface area contributed by atoms with Crippen LogP contribution in [0.5, 0.6) is 0 Å². The average molecular weight is 521 g/mol. The van der Waals surface area contributed by atoms with E-state index in [4.69, 9.17) is 0 Å². The molecule has 1 unspecified atom stereocenters. The molecule has 3 nitrogen and oxygen atoms in total. The van der Waals surface area contributed by atoms with Crippen LogP contribution in [0.2, 0.25) is 0 Å². The molecular weight excluding hydrogens is 488 g/mol. The van der Waals surface area contributed by atoms with Crippen LogP contribution in [-0.2, 0) is 6.54 Å². The van der Waals surface area contributed by atoms with Crippen molar-refractivity contribution in [3.63, 3.8) is 0 Å². The average Bonchev–Trinajstić information content (AvgIpc) is 2.96. The zero-order valence-corrected chi connectivity index (χ0v) is 22.3. The molecule has 2 bridgehead atoms. The number of aromatic nitrogens is 1. The first-order valence-corrected chi connectivity index (χ1v) is 13.6. The minimum Gasteiger partial charge on any atom is -1.00 e. The summed E-state index contributed by atoms with van der Waals surface area (Å²) in [5.74, 6) is 1.09. The molecule has 4 heterocycles. The van der Waals surface area contributed by atoms with E-state index in [1.807, 2.05) is 30.5 Å². The normalized spacial score (nSPS) is 25.3. The number of rotatable bonds is 5. The van der Waals surface area contributed by atoms with Gasteiger partial charge in [0.15, 0.2) is 0 Å². The number of nitrogens with zero attached hydrogens (tertiary/aromatic N) is 2. The molecule has 3 aliphatic rings. The van der Waals surface area contributed by atoms with E-state index < -0.39 is 6.10 Å². The Morgan fingerprint density at radius 1 is 0.921 bits per heavy atom. The van der Waals surface area contributed by atoms with Gasteiger partial charge in [-0.3, -0.25) is 4.98 Å². The molecule has 192 valence electrons. The third-order valence-electron chi connectivity index (χ3n) is 9.40. The van der Waals surface area contributed by atoms with Crippen molar-refractivity contribution in [1.82, 2.24) is 4.98 Å². The van der Waals surface area contributed by atoms with Crippen LogP contribution < -0.4 is 12.4 Å². The summed E-state index contributed by atoms with van der Waals surface area (Å²) in [5.41, 5.74) is 3.37. The largest absolute Gasteiger partial charge is 1.00 e. The van der Waals surface area contributed by atoms with Gasteiger partial charge in [0.05, 0.1) is 18.6 Å². The van der Waals surface area contributed by atoms with Crippen LogP contribution in [0.1, 0.15) is 30.1 Å². The van der Waals surface area contributed by atoms with Crippen molar-refractivity contribution >= 4 is 32.4 Å². The highest BCUT2D eigenvalue weighted by Gasteiger charge is 2.54. The van der Waals surface area contributed by atoms with Gasteiger partial charge in [-0.2, -0.15) is 0 Å². The van der Waals surface area contributed by atoms with Crippen molar-refractivity contribution in [3.8, 4) is 0 Å². The number of benzene rings is 4. The first-order valence-electron chi connectivity index (χ1n) is 13.6. The molecule has 0 saturated carbocycles. The number of pyridine rings is 1. The van der Waals surface area contributed by atoms with Gasteiger partial charge < -0.3 is 22.0 Å². The monoisotopic (exact) mass is 520 g/mol. The van der Waals surface area contributed by atoms with Gasteiger partial charge in [-0.25, -0.2) is 0 Å². The number of hydrogen-bond donors (Lipinski definition) is 1. The summed E-state index contributed by atoms with van der Waals surface area (Å²) in [4.78, 5) is 4.57. The van der Waals surface area contributed by atoms with Crippen LogP contribution in [0, 0.1) is 11.8 Å². The molecule has 8 rings (SSSR count). The minimum atomic E-state index is -0.539. The lowest BCUT2D eigenvalue weighted by atomic mass is 9.71. The van der Waals surface area contributed by atoms with Gasteiger partial charge in [-0.15, -0.1) is 6.58 Å². The molecule has 0 spiro atoms. The standard InChI is InChI=1S/C34H33N2O.ClH/c1-2-23-21-36(22-31-27-11-5-3-9-25(27)19-26-10-4-6-12-28(26)31)18-16-24(23)20-33(36)34(37)30-15-17-35-32-14-8-7-13-29(30)32;/h2-15,17,19,23-24,33-34,37H,1,16,18,20-22H2;1H/q+1;/p-1/t23-,24+,33+,34?,36+;/m1./s1. The number of piperidine rings is 3. The van der Waals surface area contributed by atoms with Crippen molar-refractivity contribution in [1.29, 1.82) is 0 Å². The van der Waals surface area contributed by atoms with Crippen LogP contribution in [-0.4, -0.2) is 33.7 Å². The van der Waals surface area contributed by atoms with E-state index >= 15 is 0 Å². The van der Waals surface area contributed by atoms with E-state index in [2.05, 4.69) is 78.3 Å². The third-order valence-corrected chi connectivity index (χ3v) is 9.40. The molecular formula is C34H33ClN2O.